The number of hydrogen-bond donors (Lipinski definition) is 1. The van der Waals surface area contributed by atoms with E-state index >= 15 is 0 Å². The summed E-state index contributed by atoms with van der Waals surface area (Å²) in [6.07, 6.45) is 1.85. The van der Waals surface area contributed by atoms with Crippen LogP contribution in [-0.2, 0) is 13.0 Å². The van der Waals surface area contributed by atoms with E-state index in [1.165, 1.54) is 5.56 Å². The van der Waals surface area contributed by atoms with E-state index in [1.54, 1.807) is 12.1 Å². The van der Waals surface area contributed by atoms with Crippen molar-refractivity contribution in [2.45, 2.75) is 33.3 Å². The molecule has 0 saturated heterocycles. The van der Waals surface area contributed by atoms with Crippen molar-refractivity contribution in [3.8, 4) is 5.75 Å². The van der Waals surface area contributed by atoms with Crippen LogP contribution in [0.3, 0.4) is 0 Å². The SMILES string of the molecule is Cc1noc(C)c1COc1cccc(C(=O)NCCCc2ccccc2)c1. The van der Waals surface area contributed by atoms with Gasteiger partial charge in [-0.2, -0.15) is 0 Å². The minimum atomic E-state index is -0.0918. The van der Waals surface area contributed by atoms with Gasteiger partial charge in [0, 0.05) is 12.1 Å². The smallest absolute Gasteiger partial charge is 0.251 e. The van der Waals surface area contributed by atoms with E-state index in [1.807, 2.05) is 44.2 Å². The third kappa shape index (κ3) is 5.20. The topological polar surface area (TPSA) is 64.4 Å². The molecule has 5 nitrogen and oxygen atoms in total. The summed E-state index contributed by atoms with van der Waals surface area (Å²) in [5.41, 5.74) is 3.62. The van der Waals surface area contributed by atoms with Gasteiger partial charge in [0.15, 0.2) is 0 Å². The summed E-state index contributed by atoms with van der Waals surface area (Å²) < 4.78 is 10.9. The molecule has 1 N–H and O–H groups in total. The molecule has 2 aromatic carbocycles. The molecule has 5 heteroatoms. The number of aromatic nitrogens is 1. The average Bonchev–Trinajstić information content (AvgIpc) is 3.02. The normalized spacial score (nSPS) is 10.6. The zero-order chi connectivity index (χ0) is 19.1. The van der Waals surface area contributed by atoms with Crippen molar-refractivity contribution in [3.05, 3.63) is 82.7 Å². The van der Waals surface area contributed by atoms with Crippen LogP contribution in [0.1, 0.15) is 39.4 Å². The van der Waals surface area contributed by atoms with Crippen molar-refractivity contribution in [1.29, 1.82) is 0 Å². The summed E-state index contributed by atoms with van der Waals surface area (Å²) >= 11 is 0. The van der Waals surface area contributed by atoms with Crippen LogP contribution in [0.4, 0.5) is 0 Å². The van der Waals surface area contributed by atoms with Crippen LogP contribution in [0, 0.1) is 13.8 Å². The zero-order valence-corrected chi connectivity index (χ0v) is 15.7. The van der Waals surface area contributed by atoms with E-state index in [-0.39, 0.29) is 5.91 Å². The molecule has 0 aliphatic carbocycles. The molecule has 0 spiro atoms. The highest BCUT2D eigenvalue weighted by atomic mass is 16.5. The van der Waals surface area contributed by atoms with E-state index in [0.717, 1.165) is 29.9 Å². The lowest BCUT2D eigenvalue weighted by Gasteiger charge is -2.09. The lowest BCUT2D eigenvalue weighted by Crippen LogP contribution is -2.24. The van der Waals surface area contributed by atoms with Gasteiger partial charge in [-0.15, -0.1) is 0 Å². The second-order valence-electron chi connectivity index (χ2n) is 6.46. The molecule has 0 radical (unpaired) electrons. The van der Waals surface area contributed by atoms with Crippen LogP contribution in [0.2, 0.25) is 0 Å². The molecule has 1 aromatic heterocycles. The number of nitrogens with zero attached hydrogens (tertiary/aromatic N) is 1. The van der Waals surface area contributed by atoms with E-state index < -0.39 is 0 Å². The largest absolute Gasteiger partial charge is 0.489 e. The highest BCUT2D eigenvalue weighted by Gasteiger charge is 2.11. The Labute approximate surface area is 159 Å². The molecule has 1 amide bonds. The van der Waals surface area contributed by atoms with Gasteiger partial charge >= 0.3 is 0 Å². The summed E-state index contributed by atoms with van der Waals surface area (Å²) in [6.45, 7) is 4.74. The minimum Gasteiger partial charge on any atom is -0.489 e. The molecule has 1 heterocycles. The first kappa shape index (κ1) is 18.7. The average molecular weight is 364 g/mol. The van der Waals surface area contributed by atoms with Gasteiger partial charge < -0.3 is 14.6 Å². The first-order chi connectivity index (χ1) is 13.1. The van der Waals surface area contributed by atoms with Crippen molar-refractivity contribution in [1.82, 2.24) is 10.5 Å². The molecule has 3 rings (SSSR count). The maximum Gasteiger partial charge on any atom is 0.251 e. The second kappa shape index (κ2) is 9.03. The molecule has 0 aliphatic heterocycles. The van der Waals surface area contributed by atoms with Crippen molar-refractivity contribution < 1.29 is 14.1 Å². The van der Waals surface area contributed by atoms with Gasteiger partial charge in [-0.05, 0) is 50.5 Å². The summed E-state index contributed by atoms with van der Waals surface area (Å²) in [6, 6.07) is 17.5. The maximum atomic E-state index is 12.4. The molecule has 0 atom stereocenters. The Bertz CT molecular complexity index is 868. The standard InChI is InChI=1S/C22H24N2O3/c1-16-21(17(2)27-24-16)15-26-20-12-6-11-19(14-20)22(25)23-13-7-10-18-8-4-3-5-9-18/h3-6,8-9,11-12,14H,7,10,13,15H2,1-2H3,(H,23,25). The fourth-order valence-corrected chi connectivity index (χ4v) is 2.83. The quantitative estimate of drug-likeness (QED) is 0.608. The van der Waals surface area contributed by atoms with Crippen molar-refractivity contribution in [2.75, 3.05) is 6.54 Å². The lowest BCUT2D eigenvalue weighted by atomic mass is 10.1. The third-order valence-electron chi connectivity index (χ3n) is 4.43. The molecule has 27 heavy (non-hydrogen) atoms. The summed E-state index contributed by atoms with van der Waals surface area (Å²) in [4.78, 5) is 12.4. The molecule has 3 aromatic rings. The monoisotopic (exact) mass is 364 g/mol. The minimum absolute atomic E-state index is 0.0918. The highest BCUT2D eigenvalue weighted by molar-refractivity contribution is 5.94. The molecule has 0 fully saturated rings. The van der Waals surface area contributed by atoms with E-state index in [0.29, 0.717) is 24.5 Å². The predicted molar refractivity (Wildman–Crippen MR) is 104 cm³/mol. The number of benzene rings is 2. The number of aryl methyl sites for hydroxylation is 3. The Morgan fingerprint density at radius 1 is 1.11 bits per heavy atom. The summed E-state index contributed by atoms with van der Waals surface area (Å²) in [5.74, 6) is 1.30. The molecule has 0 unspecified atom stereocenters. The van der Waals surface area contributed by atoms with Gasteiger partial charge in [-0.1, -0.05) is 41.6 Å². The van der Waals surface area contributed by atoms with Crippen LogP contribution < -0.4 is 10.1 Å². The number of ether oxygens (including phenoxy) is 1. The van der Waals surface area contributed by atoms with Crippen molar-refractivity contribution >= 4 is 5.91 Å². The highest BCUT2D eigenvalue weighted by Crippen LogP contribution is 2.18. The fraction of sp³-hybridized carbons (Fsp3) is 0.273. The first-order valence-electron chi connectivity index (χ1n) is 9.10. The van der Waals surface area contributed by atoms with E-state index in [9.17, 15) is 4.79 Å². The zero-order valence-electron chi connectivity index (χ0n) is 15.7. The molecular formula is C22H24N2O3. The van der Waals surface area contributed by atoms with Crippen LogP contribution in [-0.4, -0.2) is 17.6 Å². The fourth-order valence-electron chi connectivity index (χ4n) is 2.83. The van der Waals surface area contributed by atoms with Crippen LogP contribution in [0.25, 0.3) is 0 Å². The number of nitrogens with one attached hydrogen (secondary N) is 1. The second-order valence-corrected chi connectivity index (χ2v) is 6.46. The number of rotatable bonds is 8. The number of carbonyl (C=O) groups is 1. The van der Waals surface area contributed by atoms with Gasteiger partial charge in [0.25, 0.3) is 5.91 Å². The van der Waals surface area contributed by atoms with Gasteiger partial charge in [0.2, 0.25) is 0 Å². The maximum absolute atomic E-state index is 12.4. The molecule has 0 aliphatic rings. The summed E-state index contributed by atoms with van der Waals surface area (Å²) in [7, 11) is 0. The Hall–Kier alpha value is -3.08. The van der Waals surface area contributed by atoms with E-state index in [2.05, 4.69) is 22.6 Å². The Morgan fingerprint density at radius 3 is 2.67 bits per heavy atom. The van der Waals surface area contributed by atoms with Gasteiger partial charge in [-0.3, -0.25) is 4.79 Å². The number of hydrogen-bond acceptors (Lipinski definition) is 4. The number of carbonyl (C=O) groups excluding carboxylic acids is 1. The predicted octanol–water partition coefficient (Wildman–Crippen LogP) is 4.23. The van der Waals surface area contributed by atoms with Crippen LogP contribution >= 0.6 is 0 Å². The van der Waals surface area contributed by atoms with Crippen molar-refractivity contribution in [2.24, 2.45) is 0 Å². The van der Waals surface area contributed by atoms with Gasteiger partial charge in [0.1, 0.15) is 18.1 Å². The van der Waals surface area contributed by atoms with Gasteiger partial charge in [0.05, 0.1) is 11.3 Å². The molecule has 0 bridgehead atoms. The molecule has 140 valence electrons. The lowest BCUT2D eigenvalue weighted by molar-refractivity contribution is 0.0952. The molecule has 0 saturated carbocycles. The first-order valence-corrected chi connectivity index (χ1v) is 9.10. The molecular weight excluding hydrogens is 340 g/mol. The Balaban J connectivity index is 1.49. The van der Waals surface area contributed by atoms with Crippen LogP contribution in [0.5, 0.6) is 5.75 Å². The third-order valence-corrected chi connectivity index (χ3v) is 4.43. The van der Waals surface area contributed by atoms with Crippen LogP contribution in [0.15, 0.2) is 59.1 Å². The van der Waals surface area contributed by atoms with E-state index in [4.69, 9.17) is 9.26 Å². The van der Waals surface area contributed by atoms with Crippen molar-refractivity contribution in [3.63, 3.8) is 0 Å². The van der Waals surface area contributed by atoms with Gasteiger partial charge in [-0.25, -0.2) is 0 Å². The summed E-state index contributed by atoms with van der Waals surface area (Å²) in [5, 5.41) is 6.88. The number of amides is 1. The Kier molecular flexibility index (Phi) is 6.26. The Morgan fingerprint density at radius 2 is 1.93 bits per heavy atom.